The lowest BCUT2D eigenvalue weighted by atomic mass is 10.0. The fourth-order valence-electron chi connectivity index (χ4n) is 1.43. The molecule has 0 bridgehead atoms. The van der Waals surface area contributed by atoms with Crippen molar-refractivity contribution >= 4 is 12.0 Å². The summed E-state index contributed by atoms with van der Waals surface area (Å²) in [6.45, 7) is 0. The molecule has 0 saturated carbocycles. The summed E-state index contributed by atoms with van der Waals surface area (Å²) in [5.41, 5.74) is 1.99. The van der Waals surface area contributed by atoms with E-state index in [0.717, 1.165) is 16.9 Å². The number of fused-ring (bicyclic) bond motifs is 1. The summed E-state index contributed by atoms with van der Waals surface area (Å²) >= 11 is 0. The van der Waals surface area contributed by atoms with Crippen molar-refractivity contribution < 1.29 is 9.53 Å². The van der Waals surface area contributed by atoms with E-state index in [4.69, 9.17) is 4.74 Å². The number of ether oxygens (including phenoxy) is 1. The Morgan fingerprint density at radius 3 is 3.07 bits per heavy atom. The highest BCUT2D eigenvalue weighted by molar-refractivity contribution is 5.83. The van der Waals surface area contributed by atoms with Crippen molar-refractivity contribution in [3.05, 3.63) is 35.5 Å². The van der Waals surface area contributed by atoms with Crippen molar-refractivity contribution in [1.29, 1.82) is 0 Å². The molecule has 0 atom stereocenters. The molecule has 0 aromatic heterocycles. The van der Waals surface area contributed by atoms with Gasteiger partial charge in [-0.3, -0.25) is 4.79 Å². The molecule has 2 rings (SSSR count). The zero-order chi connectivity index (χ0) is 9.97. The zero-order valence-corrected chi connectivity index (χ0v) is 7.86. The molecule has 1 radical (unpaired) electrons. The Bertz CT molecular complexity index is 396. The van der Waals surface area contributed by atoms with Crippen LogP contribution in [0.3, 0.4) is 0 Å². The van der Waals surface area contributed by atoms with Crippen LogP contribution in [0.25, 0.3) is 6.08 Å². The predicted octanol–water partition coefficient (Wildman–Crippen LogP) is 1.35. The molecule has 14 heavy (non-hydrogen) atoms. The summed E-state index contributed by atoms with van der Waals surface area (Å²) in [4.78, 5) is 11.2. The Labute approximate surface area is 82.4 Å². The topological polar surface area (TPSA) is 40.4 Å². The van der Waals surface area contributed by atoms with Gasteiger partial charge in [-0.05, 0) is 29.3 Å². The summed E-state index contributed by atoms with van der Waals surface area (Å²) < 4.78 is 5.09. The van der Waals surface area contributed by atoms with E-state index < -0.39 is 0 Å². The minimum absolute atomic E-state index is 0.117. The van der Waals surface area contributed by atoms with Gasteiger partial charge in [0.05, 0.1) is 13.5 Å². The molecule has 1 aromatic rings. The van der Waals surface area contributed by atoms with Gasteiger partial charge in [0.2, 0.25) is 5.91 Å². The van der Waals surface area contributed by atoms with Crippen LogP contribution in [0.5, 0.6) is 5.75 Å². The predicted molar refractivity (Wildman–Crippen MR) is 52.9 cm³/mol. The van der Waals surface area contributed by atoms with E-state index >= 15 is 0 Å². The Kier molecular flexibility index (Phi) is 2.23. The van der Waals surface area contributed by atoms with E-state index in [1.807, 2.05) is 24.3 Å². The molecule has 0 spiro atoms. The van der Waals surface area contributed by atoms with E-state index in [1.165, 1.54) is 0 Å². The molecule has 0 unspecified atom stereocenters. The van der Waals surface area contributed by atoms with Crippen LogP contribution >= 0.6 is 0 Å². The highest BCUT2D eigenvalue weighted by Gasteiger charge is 2.11. The van der Waals surface area contributed by atoms with Gasteiger partial charge in [0, 0.05) is 6.20 Å². The summed E-state index contributed by atoms with van der Waals surface area (Å²) in [5.74, 6) is 0.653. The third-order valence-corrected chi connectivity index (χ3v) is 2.16. The molecule has 1 aromatic carbocycles. The Hall–Kier alpha value is -1.77. The lowest BCUT2D eigenvalue weighted by Gasteiger charge is -2.05. The van der Waals surface area contributed by atoms with Crippen molar-refractivity contribution in [2.24, 2.45) is 0 Å². The standard InChI is InChI=1S/C11H10NO2/c1-14-10-3-2-8-4-5-12-11(13)7-9(8)6-10/h2-6H,7H2,1H3. The van der Waals surface area contributed by atoms with Crippen LogP contribution in [-0.4, -0.2) is 13.0 Å². The molecule has 1 heterocycles. The van der Waals surface area contributed by atoms with E-state index in [9.17, 15) is 4.79 Å². The summed E-state index contributed by atoms with van der Waals surface area (Å²) in [7, 11) is 1.61. The molecular formula is C11H10NO2. The highest BCUT2D eigenvalue weighted by atomic mass is 16.5. The number of rotatable bonds is 1. The first-order chi connectivity index (χ1) is 6.79. The van der Waals surface area contributed by atoms with Crippen LogP contribution in [-0.2, 0) is 11.2 Å². The van der Waals surface area contributed by atoms with Crippen LogP contribution < -0.4 is 10.1 Å². The number of amides is 1. The van der Waals surface area contributed by atoms with Gasteiger partial charge in [-0.25, -0.2) is 5.32 Å². The van der Waals surface area contributed by atoms with Crippen LogP contribution in [0.2, 0.25) is 0 Å². The molecule has 0 saturated heterocycles. The van der Waals surface area contributed by atoms with Crippen LogP contribution in [0.1, 0.15) is 11.1 Å². The number of benzene rings is 1. The third-order valence-electron chi connectivity index (χ3n) is 2.16. The first kappa shape index (κ1) is 8.81. The number of hydrogen-bond acceptors (Lipinski definition) is 2. The number of carbonyl (C=O) groups is 1. The van der Waals surface area contributed by atoms with Crippen LogP contribution in [0.4, 0.5) is 0 Å². The molecule has 0 aliphatic carbocycles. The van der Waals surface area contributed by atoms with Crippen molar-refractivity contribution in [2.45, 2.75) is 6.42 Å². The average molecular weight is 188 g/mol. The lowest BCUT2D eigenvalue weighted by Crippen LogP contribution is -2.10. The third kappa shape index (κ3) is 1.62. The first-order valence-electron chi connectivity index (χ1n) is 4.37. The number of methoxy groups -OCH3 is 1. The van der Waals surface area contributed by atoms with Crippen molar-refractivity contribution in [3.8, 4) is 5.75 Å². The molecule has 1 amide bonds. The zero-order valence-electron chi connectivity index (χ0n) is 7.86. The Balaban J connectivity index is 2.44. The second-order valence-corrected chi connectivity index (χ2v) is 3.08. The minimum atomic E-state index is -0.117. The molecule has 1 aliphatic rings. The maximum atomic E-state index is 11.2. The number of hydrogen-bond donors (Lipinski definition) is 0. The molecule has 71 valence electrons. The summed E-state index contributed by atoms with van der Waals surface area (Å²) in [6.07, 6.45) is 3.72. The van der Waals surface area contributed by atoms with E-state index in [0.29, 0.717) is 6.42 Å². The van der Waals surface area contributed by atoms with Gasteiger partial charge in [0.15, 0.2) is 0 Å². The molecule has 0 fully saturated rings. The largest absolute Gasteiger partial charge is 0.497 e. The van der Waals surface area contributed by atoms with Gasteiger partial charge in [-0.1, -0.05) is 6.07 Å². The maximum absolute atomic E-state index is 11.2. The SMILES string of the molecule is COc1ccc2c(c1)CC(=O)[N]C=C2. The molecule has 0 N–H and O–H groups in total. The first-order valence-corrected chi connectivity index (χ1v) is 4.37. The van der Waals surface area contributed by atoms with Crippen molar-refractivity contribution in [2.75, 3.05) is 7.11 Å². The summed E-state index contributed by atoms with van der Waals surface area (Å²) in [6, 6.07) is 5.68. The van der Waals surface area contributed by atoms with E-state index in [-0.39, 0.29) is 5.91 Å². The average Bonchev–Trinajstić information content (AvgIpc) is 2.37. The molecule has 1 aliphatic heterocycles. The van der Waals surface area contributed by atoms with Gasteiger partial charge in [0.1, 0.15) is 5.75 Å². The Morgan fingerprint density at radius 1 is 1.43 bits per heavy atom. The maximum Gasteiger partial charge on any atom is 0.250 e. The van der Waals surface area contributed by atoms with Gasteiger partial charge in [-0.2, -0.15) is 0 Å². The monoisotopic (exact) mass is 188 g/mol. The van der Waals surface area contributed by atoms with Crippen molar-refractivity contribution in [1.82, 2.24) is 5.32 Å². The number of nitrogens with zero attached hydrogens (tertiary/aromatic N) is 1. The Morgan fingerprint density at radius 2 is 2.29 bits per heavy atom. The van der Waals surface area contributed by atoms with E-state index in [1.54, 1.807) is 13.3 Å². The van der Waals surface area contributed by atoms with Gasteiger partial charge < -0.3 is 4.74 Å². The molecule has 3 heteroatoms. The second kappa shape index (κ2) is 3.54. The van der Waals surface area contributed by atoms with Gasteiger partial charge in [0.25, 0.3) is 0 Å². The fourth-order valence-corrected chi connectivity index (χ4v) is 1.43. The lowest BCUT2D eigenvalue weighted by molar-refractivity contribution is -0.119. The smallest absolute Gasteiger partial charge is 0.250 e. The second-order valence-electron chi connectivity index (χ2n) is 3.08. The summed E-state index contributed by atoms with van der Waals surface area (Å²) in [5, 5.41) is 3.73. The quantitative estimate of drug-likeness (QED) is 0.667. The molecule has 3 nitrogen and oxygen atoms in total. The van der Waals surface area contributed by atoms with Crippen LogP contribution in [0, 0.1) is 0 Å². The van der Waals surface area contributed by atoms with Gasteiger partial charge >= 0.3 is 0 Å². The number of carbonyl (C=O) groups excluding carboxylic acids is 1. The molecular weight excluding hydrogens is 178 g/mol. The van der Waals surface area contributed by atoms with Gasteiger partial charge in [-0.15, -0.1) is 0 Å². The minimum Gasteiger partial charge on any atom is -0.497 e. The van der Waals surface area contributed by atoms with Crippen molar-refractivity contribution in [3.63, 3.8) is 0 Å². The van der Waals surface area contributed by atoms with Crippen LogP contribution in [0.15, 0.2) is 24.4 Å². The highest BCUT2D eigenvalue weighted by Crippen LogP contribution is 2.20. The normalized spacial score (nSPS) is 14.2. The van der Waals surface area contributed by atoms with E-state index in [2.05, 4.69) is 5.32 Å². The fraction of sp³-hybridized carbons (Fsp3) is 0.182.